The zero-order valence-corrected chi connectivity index (χ0v) is 35.4. The van der Waals surface area contributed by atoms with Gasteiger partial charge in [-0.3, -0.25) is 18.6 Å². The topological polar surface area (TPSA) is 147 Å². The van der Waals surface area contributed by atoms with Crippen LogP contribution in [0.4, 0.5) is 0 Å². The highest BCUT2D eigenvalue weighted by atomic mass is 31.2. The third kappa shape index (κ3) is 33.3. The fourth-order valence-corrected chi connectivity index (χ4v) is 6.18. The van der Waals surface area contributed by atoms with Gasteiger partial charge in [0, 0.05) is 19.4 Å². The van der Waals surface area contributed by atoms with Gasteiger partial charge < -0.3 is 24.8 Å². The minimum Gasteiger partial charge on any atom is -0.462 e. The van der Waals surface area contributed by atoms with Gasteiger partial charge in [0.15, 0.2) is 6.10 Å². The fraction of sp³-hybridized carbons (Fsp3) is 0.644. The van der Waals surface area contributed by atoms with E-state index in [9.17, 15) is 19.0 Å². The van der Waals surface area contributed by atoms with Crippen LogP contribution < -0.4 is 5.73 Å². The highest BCUT2D eigenvalue weighted by molar-refractivity contribution is 7.47. The molecule has 10 nitrogen and oxygen atoms in total. The lowest BCUT2D eigenvalue weighted by Gasteiger charge is -2.19. The molecular weight excluding hydrogens is 729 g/mol. The molecule has 0 aromatic heterocycles. The van der Waals surface area contributed by atoms with Crippen LogP contribution in [-0.4, -0.2) is 61.5 Å². The second-order valence-electron chi connectivity index (χ2n) is 13.9. The van der Waals surface area contributed by atoms with Gasteiger partial charge in [0.25, 0.3) is 0 Å². The van der Waals surface area contributed by atoms with Gasteiger partial charge in [0.1, 0.15) is 6.61 Å². The minimum absolute atomic E-state index is 0.0311. The van der Waals surface area contributed by atoms with E-state index < -0.39 is 32.5 Å². The molecule has 56 heavy (non-hydrogen) atoms. The van der Waals surface area contributed by atoms with E-state index in [1.165, 1.54) is 44.9 Å². The maximum Gasteiger partial charge on any atom is 0.472 e. The Bertz CT molecular complexity index is 1260. The molecule has 0 spiro atoms. The third-order valence-corrected chi connectivity index (χ3v) is 9.66. The molecule has 1 heterocycles. The molecule has 0 aromatic rings. The Kier molecular flexibility index (Phi) is 33.3. The number of esters is 2. The van der Waals surface area contributed by atoms with E-state index in [0.717, 1.165) is 51.4 Å². The molecule has 3 unspecified atom stereocenters. The smallest absolute Gasteiger partial charge is 0.462 e. The molecule has 0 radical (unpaired) electrons. The maximum absolute atomic E-state index is 12.6. The Hall–Kier alpha value is -2.85. The van der Waals surface area contributed by atoms with Crippen molar-refractivity contribution >= 4 is 19.8 Å². The summed E-state index contributed by atoms with van der Waals surface area (Å²) in [6.07, 6.45) is 48.0. The zero-order chi connectivity index (χ0) is 40.8. The van der Waals surface area contributed by atoms with Crippen LogP contribution in [0.5, 0.6) is 0 Å². The second kappa shape index (κ2) is 36.5. The highest BCUT2D eigenvalue weighted by Gasteiger charge is 2.36. The Balaban J connectivity index is 2.28. The number of hydrogen-bond donors (Lipinski definition) is 2. The van der Waals surface area contributed by atoms with E-state index in [-0.39, 0.29) is 32.6 Å². The van der Waals surface area contributed by atoms with Crippen LogP contribution in [0.15, 0.2) is 85.1 Å². The molecule has 1 aliphatic rings. The first kappa shape index (κ1) is 51.2. The summed E-state index contributed by atoms with van der Waals surface area (Å²) in [6, 6.07) is 0. The van der Waals surface area contributed by atoms with E-state index in [1.54, 1.807) is 0 Å². The third-order valence-electron chi connectivity index (χ3n) is 8.68. The summed E-state index contributed by atoms with van der Waals surface area (Å²) in [4.78, 5) is 34.8. The van der Waals surface area contributed by atoms with E-state index >= 15 is 0 Å². The lowest BCUT2D eigenvalue weighted by Crippen LogP contribution is -2.29. The predicted molar refractivity (Wildman–Crippen MR) is 228 cm³/mol. The number of carbonyl (C=O) groups excluding carboxylic acids is 2. The lowest BCUT2D eigenvalue weighted by molar-refractivity contribution is -0.161. The summed E-state index contributed by atoms with van der Waals surface area (Å²) in [5.41, 5.74) is 5.34. The molecule has 0 aliphatic carbocycles. The average Bonchev–Trinajstić information content (AvgIpc) is 3.94. The Morgan fingerprint density at radius 1 is 0.643 bits per heavy atom. The summed E-state index contributed by atoms with van der Waals surface area (Å²) in [5, 5.41) is 0. The number of rotatable bonds is 37. The quantitative estimate of drug-likeness (QED) is 0.0204. The Morgan fingerprint density at radius 3 is 1.70 bits per heavy atom. The zero-order valence-electron chi connectivity index (χ0n) is 34.5. The van der Waals surface area contributed by atoms with Gasteiger partial charge in [-0.1, -0.05) is 131 Å². The van der Waals surface area contributed by atoms with Crippen molar-refractivity contribution in [2.24, 2.45) is 5.73 Å². The largest absolute Gasteiger partial charge is 0.472 e. The molecular formula is C45H74NO9P. The number of allylic oxidation sites excluding steroid dienone is 13. The molecule has 0 bridgehead atoms. The summed E-state index contributed by atoms with van der Waals surface area (Å²) >= 11 is 0. The van der Waals surface area contributed by atoms with Gasteiger partial charge in [-0.05, 0) is 83.5 Å². The maximum atomic E-state index is 12.6. The second-order valence-corrected chi connectivity index (χ2v) is 15.3. The molecule has 0 saturated carbocycles. The molecule has 1 fully saturated rings. The van der Waals surface area contributed by atoms with Crippen molar-refractivity contribution in [3.05, 3.63) is 85.1 Å². The SMILES string of the molecule is CCCCC/C=C\C/C=C\C/C=C\C/C=C\CCCC(=O)O[C@H](COC(=O)CCC/C=C\C/C=C\C/C=C\CC1OC1CCCCC)COP(=O)(O)OCCN. The van der Waals surface area contributed by atoms with Gasteiger partial charge in [-0.25, -0.2) is 4.57 Å². The molecule has 0 aromatic carbocycles. The molecule has 0 amide bonds. The number of unbranched alkanes of at least 4 members (excludes halogenated alkanes) is 7. The summed E-state index contributed by atoms with van der Waals surface area (Å²) in [7, 11) is -4.41. The number of ether oxygens (including phenoxy) is 3. The van der Waals surface area contributed by atoms with Crippen molar-refractivity contribution in [1.82, 2.24) is 0 Å². The average molecular weight is 804 g/mol. The molecule has 3 N–H and O–H groups in total. The monoisotopic (exact) mass is 804 g/mol. The fourth-order valence-electron chi connectivity index (χ4n) is 5.42. The van der Waals surface area contributed by atoms with E-state index in [4.69, 9.17) is 29.0 Å². The van der Waals surface area contributed by atoms with E-state index in [1.807, 2.05) is 12.2 Å². The van der Waals surface area contributed by atoms with Crippen molar-refractivity contribution < 1.29 is 42.3 Å². The number of hydrogen-bond acceptors (Lipinski definition) is 9. The number of nitrogens with two attached hydrogens (primary N) is 1. The summed E-state index contributed by atoms with van der Waals surface area (Å²) in [5.74, 6) is -0.974. The molecule has 1 saturated heterocycles. The Morgan fingerprint density at radius 2 is 1.14 bits per heavy atom. The van der Waals surface area contributed by atoms with Crippen molar-refractivity contribution in [2.75, 3.05) is 26.4 Å². The van der Waals surface area contributed by atoms with Crippen LogP contribution in [0.25, 0.3) is 0 Å². The molecule has 11 heteroatoms. The molecule has 318 valence electrons. The van der Waals surface area contributed by atoms with E-state index in [2.05, 4.69) is 86.8 Å². The van der Waals surface area contributed by atoms with Crippen molar-refractivity contribution in [3.8, 4) is 0 Å². The summed E-state index contributed by atoms with van der Waals surface area (Å²) in [6.45, 7) is 3.51. The normalized spacial score (nSPS) is 17.8. The molecule has 1 aliphatic heterocycles. The van der Waals surface area contributed by atoms with Crippen LogP contribution in [0.1, 0.15) is 142 Å². The van der Waals surface area contributed by atoms with Crippen molar-refractivity contribution in [1.29, 1.82) is 0 Å². The van der Waals surface area contributed by atoms with Gasteiger partial charge in [0.2, 0.25) is 0 Å². The van der Waals surface area contributed by atoms with Crippen LogP contribution in [-0.2, 0) is 37.4 Å². The van der Waals surface area contributed by atoms with E-state index in [0.29, 0.717) is 31.5 Å². The number of phosphoric acid groups is 1. The molecule has 4 atom stereocenters. The summed E-state index contributed by atoms with van der Waals surface area (Å²) < 4.78 is 38.3. The lowest BCUT2D eigenvalue weighted by atomic mass is 10.1. The van der Waals surface area contributed by atoms with Crippen LogP contribution >= 0.6 is 7.82 Å². The minimum atomic E-state index is -4.41. The van der Waals surface area contributed by atoms with Gasteiger partial charge in [-0.15, -0.1) is 0 Å². The molecule has 1 rings (SSSR count). The van der Waals surface area contributed by atoms with Gasteiger partial charge >= 0.3 is 19.8 Å². The first-order valence-corrected chi connectivity index (χ1v) is 22.7. The standard InChI is InChI=1S/C45H74NO9P/c1-3-5-7-8-9-10-11-12-13-14-15-16-17-22-25-28-32-36-45(48)54-41(40-53-56(49,50)52-38-37-46)39-51-44(47)35-31-27-24-21-19-18-20-23-26-30-34-43-42(55-43)33-29-6-4-2/h9-10,12-13,15-16,18,20-22,24-26,30,41-43H,3-8,11,14,17,19,23,27-29,31-40,46H2,1-2H3,(H,49,50)/b10-9-,13-12-,16-15-,20-18-,24-21-,25-22-,30-26-/t41-,42?,43?/m1/s1. The number of phosphoric ester groups is 1. The number of epoxide rings is 1. The number of carbonyl (C=O) groups is 2. The van der Waals surface area contributed by atoms with Gasteiger partial charge in [0.05, 0.1) is 25.4 Å². The first-order chi connectivity index (χ1) is 27.3. The highest BCUT2D eigenvalue weighted by Crippen LogP contribution is 2.43. The first-order valence-electron chi connectivity index (χ1n) is 21.2. The van der Waals surface area contributed by atoms with Crippen LogP contribution in [0, 0.1) is 0 Å². The van der Waals surface area contributed by atoms with Crippen LogP contribution in [0.2, 0.25) is 0 Å². The van der Waals surface area contributed by atoms with Crippen LogP contribution in [0.3, 0.4) is 0 Å². The van der Waals surface area contributed by atoms with Gasteiger partial charge in [-0.2, -0.15) is 0 Å². The van der Waals surface area contributed by atoms with Crippen molar-refractivity contribution in [3.63, 3.8) is 0 Å². The Labute approximate surface area is 339 Å². The predicted octanol–water partition coefficient (Wildman–Crippen LogP) is 11.0. The van der Waals surface area contributed by atoms with Crippen molar-refractivity contribution in [2.45, 2.75) is 161 Å².